The Morgan fingerprint density at radius 2 is 2.27 bits per heavy atom. The molecule has 118 valence electrons. The summed E-state index contributed by atoms with van der Waals surface area (Å²) in [6, 6.07) is 0. The second kappa shape index (κ2) is 7.10. The van der Waals surface area contributed by atoms with Crippen molar-refractivity contribution >= 4 is 11.9 Å². The van der Waals surface area contributed by atoms with E-state index >= 15 is 0 Å². The standard InChI is InChI=1S/C13H20N8O/c22-12(7-8-21-9-14-19-20-21)16-13-15-11(17-18-13)6-5-10-3-1-2-4-10/h9-10H,1-8H2,(H2,15,16,17,18,22). The van der Waals surface area contributed by atoms with Crippen LogP contribution in [0.15, 0.2) is 6.33 Å². The number of carbonyl (C=O) groups is 1. The first kappa shape index (κ1) is 14.6. The maximum Gasteiger partial charge on any atom is 0.248 e. The molecule has 9 nitrogen and oxygen atoms in total. The van der Waals surface area contributed by atoms with Crippen LogP contribution in [-0.2, 0) is 17.8 Å². The summed E-state index contributed by atoms with van der Waals surface area (Å²) in [5, 5.41) is 20.3. The number of nitrogens with zero attached hydrogens (tertiary/aromatic N) is 6. The molecule has 0 spiro atoms. The van der Waals surface area contributed by atoms with Crippen molar-refractivity contribution < 1.29 is 4.79 Å². The summed E-state index contributed by atoms with van der Waals surface area (Å²) in [5.74, 6) is 1.84. The van der Waals surface area contributed by atoms with Crippen LogP contribution in [0.5, 0.6) is 0 Å². The number of aryl methyl sites for hydroxylation is 2. The van der Waals surface area contributed by atoms with Crippen LogP contribution in [-0.4, -0.2) is 41.3 Å². The van der Waals surface area contributed by atoms with Crippen LogP contribution in [0.2, 0.25) is 0 Å². The maximum absolute atomic E-state index is 11.8. The van der Waals surface area contributed by atoms with Gasteiger partial charge in [-0.15, -0.1) is 10.2 Å². The van der Waals surface area contributed by atoms with Crippen LogP contribution in [0.4, 0.5) is 5.95 Å². The van der Waals surface area contributed by atoms with Crippen molar-refractivity contribution in [3.63, 3.8) is 0 Å². The molecule has 2 heterocycles. The van der Waals surface area contributed by atoms with Gasteiger partial charge in [0.25, 0.3) is 0 Å². The zero-order chi connectivity index (χ0) is 15.2. The normalized spacial score (nSPS) is 15.3. The number of aromatic amines is 1. The van der Waals surface area contributed by atoms with E-state index in [0.717, 1.165) is 24.6 Å². The van der Waals surface area contributed by atoms with Gasteiger partial charge in [-0.25, -0.2) is 4.68 Å². The first-order valence-electron chi connectivity index (χ1n) is 7.71. The van der Waals surface area contributed by atoms with E-state index in [1.165, 1.54) is 36.7 Å². The summed E-state index contributed by atoms with van der Waals surface area (Å²) in [5.41, 5.74) is 0. The number of nitrogens with one attached hydrogen (secondary N) is 2. The van der Waals surface area contributed by atoms with E-state index in [-0.39, 0.29) is 12.3 Å². The molecule has 2 N–H and O–H groups in total. The predicted octanol–water partition coefficient (Wildman–Crippen LogP) is 0.943. The van der Waals surface area contributed by atoms with E-state index in [4.69, 9.17) is 0 Å². The average Bonchev–Trinajstić information content (AvgIpc) is 3.25. The van der Waals surface area contributed by atoms with Gasteiger partial charge in [-0.05, 0) is 22.8 Å². The van der Waals surface area contributed by atoms with Crippen molar-refractivity contribution in [3.8, 4) is 0 Å². The highest BCUT2D eigenvalue weighted by Crippen LogP contribution is 2.28. The third kappa shape index (κ3) is 4.09. The molecule has 0 aliphatic heterocycles. The highest BCUT2D eigenvalue weighted by atomic mass is 16.1. The zero-order valence-electron chi connectivity index (χ0n) is 12.4. The number of hydrogen-bond donors (Lipinski definition) is 2. The lowest BCUT2D eigenvalue weighted by Gasteiger charge is -2.05. The lowest BCUT2D eigenvalue weighted by Crippen LogP contribution is -2.15. The molecule has 0 aromatic carbocycles. The number of tetrazole rings is 1. The highest BCUT2D eigenvalue weighted by molar-refractivity contribution is 5.88. The van der Waals surface area contributed by atoms with Gasteiger partial charge in [0, 0.05) is 12.8 Å². The molecule has 0 atom stereocenters. The number of carbonyl (C=O) groups excluding carboxylic acids is 1. The minimum absolute atomic E-state index is 0.156. The number of hydrogen-bond acceptors (Lipinski definition) is 6. The molecule has 1 saturated carbocycles. The van der Waals surface area contributed by atoms with Crippen LogP contribution in [0.3, 0.4) is 0 Å². The van der Waals surface area contributed by atoms with Gasteiger partial charge in [-0.2, -0.15) is 4.98 Å². The van der Waals surface area contributed by atoms with E-state index in [1.54, 1.807) is 0 Å². The molecule has 0 unspecified atom stereocenters. The van der Waals surface area contributed by atoms with E-state index < -0.39 is 0 Å². The van der Waals surface area contributed by atoms with Crippen molar-refractivity contribution in [2.24, 2.45) is 5.92 Å². The Morgan fingerprint density at radius 1 is 1.41 bits per heavy atom. The molecule has 2 aromatic rings. The molecule has 0 radical (unpaired) electrons. The van der Waals surface area contributed by atoms with Gasteiger partial charge >= 0.3 is 0 Å². The zero-order valence-corrected chi connectivity index (χ0v) is 12.4. The largest absolute Gasteiger partial charge is 0.293 e. The Kier molecular flexibility index (Phi) is 4.71. The number of anilines is 1. The van der Waals surface area contributed by atoms with Crippen molar-refractivity contribution in [3.05, 3.63) is 12.2 Å². The SMILES string of the molecule is O=C(CCn1cnnn1)Nc1n[nH]c(CCC2CCCC2)n1. The number of aromatic nitrogens is 7. The van der Waals surface area contributed by atoms with E-state index in [9.17, 15) is 4.79 Å². The minimum Gasteiger partial charge on any atom is -0.293 e. The van der Waals surface area contributed by atoms with Gasteiger partial charge in [0.15, 0.2) is 0 Å². The van der Waals surface area contributed by atoms with E-state index in [1.807, 2.05) is 0 Å². The van der Waals surface area contributed by atoms with Gasteiger partial charge in [0.1, 0.15) is 12.2 Å². The summed E-state index contributed by atoms with van der Waals surface area (Å²) >= 11 is 0. The van der Waals surface area contributed by atoms with Crippen molar-refractivity contribution in [1.29, 1.82) is 0 Å². The monoisotopic (exact) mass is 304 g/mol. The van der Waals surface area contributed by atoms with Crippen LogP contribution in [0, 0.1) is 5.92 Å². The summed E-state index contributed by atoms with van der Waals surface area (Å²) in [4.78, 5) is 16.1. The number of H-pyrrole nitrogens is 1. The Hall–Kier alpha value is -2.32. The van der Waals surface area contributed by atoms with Gasteiger partial charge in [-0.3, -0.25) is 15.2 Å². The minimum atomic E-state index is -0.156. The summed E-state index contributed by atoms with van der Waals surface area (Å²) in [6.07, 6.45) is 9.13. The molecule has 3 rings (SSSR count). The van der Waals surface area contributed by atoms with Gasteiger partial charge in [-0.1, -0.05) is 25.7 Å². The summed E-state index contributed by atoms with van der Waals surface area (Å²) in [6.45, 7) is 0.428. The van der Waals surface area contributed by atoms with Gasteiger partial charge in [0.05, 0.1) is 6.54 Å². The molecule has 2 aromatic heterocycles. The molecule has 9 heteroatoms. The summed E-state index contributed by atoms with van der Waals surface area (Å²) in [7, 11) is 0. The quantitative estimate of drug-likeness (QED) is 0.787. The van der Waals surface area contributed by atoms with E-state index in [2.05, 4.69) is 36.0 Å². The topological polar surface area (TPSA) is 114 Å². The molecular formula is C13H20N8O. The second-order valence-corrected chi connectivity index (χ2v) is 5.67. The smallest absolute Gasteiger partial charge is 0.248 e. The first-order valence-corrected chi connectivity index (χ1v) is 7.71. The third-order valence-electron chi connectivity index (χ3n) is 4.01. The van der Waals surface area contributed by atoms with Crippen molar-refractivity contribution in [2.75, 3.05) is 5.32 Å². The fraction of sp³-hybridized carbons (Fsp3) is 0.692. The molecule has 0 saturated heterocycles. The highest BCUT2D eigenvalue weighted by Gasteiger charge is 2.16. The molecule has 1 aliphatic carbocycles. The van der Waals surface area contributed by atoms with Crippen molar-refractivity contribution in [1.82, 2.24) is 35.4 Å². The Morgan fingerprint density at radius 3 is 3.05 bits per heavy atom. The molecule has 22 heavy (non-hydrogen) atoms. The van der Waals surface area contributed by atoms with Crippen LogP contribution in [0.25, 0.3) is 0 Å². The number of rotatable bonds is 7. The van der Waals surface area contributed by atoms with Gasteiger partial charge in [0.2, 0.25) is 11.9 Å². The molecule has 1 amide bonds. The molecular weight excluding hydrogens is 284 g/mol. The van der Waals surface area contributed by atoms with Crippen LogP contribution >= 0.6 is 0 Å². The fourth-order valence-corrected chi connectivity index (χ4v) is 2.79. The third-order valence-corrected chi connectivity index (χ3v) is 4.01. The van der Waals surface area contributed by atoms with Crippen LogP contribution in [0.1, 0.15) is 44.3 Å². The van der Waals surface area contributed by atoms with Gasteiger partial charge < -0.3 is 0 Å². The van der Waals surface area contributed by atoms with Crippen molar-refractivity contribution in [2.45, 2.75) is 51.5 Å². The summed E-state index contributed by atoms with van der Waals surface area (Å²) < 4.78 is 1.50. The lowest BCUT2D eigenvalue weighted by atomic mass is 10.0. The lowest BCUT2D eigenvalue weighted by molar-refractivity contribution is -0.116. The Balaban J connectivity index is 1.41. The first-order chi connectivity index (χ1) is 10.8. The Bertz CT molecular complexity index is 587. The molecule has 0 bridgehead atoms. The Labute approximate surface area is 127 Å². The van der Waals surface area contributed by atoms with E-state index in [0.29, 0.717) is 12.5 Å². The number of amides is 1. The predicted molar refractivity (Wildman–Crippen MR) is 77.7 cm³/mol. The molecule has 1 aliphatic rings. The fourth-order valence-electron chi connectivity index (χ4n) is 2.79. The maximum atomic E-state index is 11.8. The van der Waals surface area contributed by atoms with Crippen LogP contribution < -0.4 is 5.32 Å². The second-order valence-electron chi connectivity index (χ2n) is 5.67. The average molecular weight is 304 g/mol. The molecule has 1 fully saturated rings.